The third-order valence-corrected chi connectivity index (χ3v) is 7.43. The topological polar surface area (TPSA) is 9.23 Å². The molecule has 2 aliphatic carbocycles. The van der Waals surface area contributed by atoms with Crippen molar-refractivity contribution in [2.45, 2.75) is 70.6 Å². The molecule has 0 spiro atoms. The quantitative estimate of drug-likeness (QED) is 0.422. The van der Waals surface area contributed by atoms with Gasteiger partial charge < -0.3 is 4.74 Å². The van der Waals surface area contributed by atoms with Gasteiger partial charge >= 0.3 is 6.36 Å². The highest BCUT2D eigenvalue weighted by atomic mass is 19.4. The third kappa shape index (κ3) is 5.44. The number of ether oxygens (including phenoxy) is 1. The fourth-order valence-corrected chi connectivity index (χ4v) is 5.57. The summed E-state index contributed by atoms with van der Waals surface area (Å²) in [4.78, 5) is 0. The molecule has 2 aromatic carbocycles. The maximum Gasteiger partial charge on any atom is 0.573 e. The second-order valence-electron chi connectivity index (χ2n) is 9.57. The van der Waals surface area contributed by atoms with E-state index in [1.165, 1.54) is 44.1 Å². The van der Waals surface area contributed by atoms with Crippen LogP contribution >= 0.6 is 0 Å². The summed E-state index contributed by atoms with van der Waals surface area (Å²) >= 11 is 0. The van der Waals surface area contributed by atoms with Gasteiger partial charge in [-0.2, -0.15) is 0 Å². The molecule has 2 saturated carbocycles. The first-order chi connectivity index (χ1) is 15.2. The third-order valence-electron chi connectivity index (χ3n) is 7.43. The Morgan fingerprint density at radius 2 is 1.22 bits per heavy atom. The smallest absolute Gasteiger partial charge is 0.399 e. The molecule has 0 N–H and O–H groups in total. The van der Waals surface area contributed by atoms with Crippen LogP contribution in [0.1, 0.15) is 69.8 Å². The van der Waals surface area contributed by atoms with Crippen molar-refractivity contribution in [2.24, 2.45) is 17.8 Å². The Kier molecular flexibility index (Phi) is 6.78. The van der Waals surface area contributed by atoms with Gasteiger partial charge in [-0.15, -0.1) is 13.2 Å². The first-order valence-corrected chi connectivity index (χ1v) is 11.5. The van der Waals surface area contributed by atoms with Gasteiger partial charge in [0.2, 0.25) is 5.75 Å². The lowest BCUT2D eigenvalue weighted by molar-refractivity contribution is -0.276. The van der Waals surface area contributed by atoms with Crippen molar-refractivity contribution in [3.05, 3.63) is 53.6 Å². The van der Waals surface area contributed by atoms with Crippen molar-refractivity contribution >= 4 is 0 Å². The molecule has 0 radical (unpaired) electrons. The zero-order valence-electron chi connectivity index (χ0n) is 18.2. The van der Waals surface area contributed by atoms with Crippen molar-refractivity contribution in [3.8, 4) is 16.9 Å². The minimum absolute atomic E-state index is 0.177. The number of halogens is 5. The normalized spacial score (nSPS) is 26.7. The molecule has 0 aliphatic heterocycles. The van der Waals surface area contributed by atoms with Crippen LogP contribution in [0.25, 0.3) is 11.1 Å². The van der Waals surface area contributed by atoms with Gasteiger partial charge in [0, 0.05) is 0 Å². The summed E-state index contributed by atoms with van der Waals surface area (Å²) in [6.07, 6.45) is 5.11. The van der Waals surface area contributed by atoms with Crippen LogP contribution in [0.5, 0.6) is 5.75 Å². The molecular weight excluding hydrogens is 423 g/mol. The number of alkyl halides is 3. The van der Waals surface area contributed by atoms with Crippen LogP contribution in [0.15, 0.2) is 36.4 Å². The van der Waals surface area contributed by atoms with Crippen LogP contribution in [0, 0.1) is 29.4 Å². The highest BCUT2D eigenvalue weighted by Gasteiger charge is 2.34. The molecule has 0 unspecified atom stereocenters. The van der Waals surface area contributed by atoms with E-state index < -0.39 is 23.7 Å². The highest BCUT2D eigenvalue weighted by Crippen LogP contribution is 2.44. The fourth-order valence-electron chi connectivity index (χ4n) is 5.57. The van der Waals surface area contributed by atoms with Gasteiger partial charge in [0.15, 0.2) is 11.6 Å². The first-order valence-electron chi connectivity index (χ1n) is 11.5. The lowest BCUT2D eigenvalue weighted by Crippen LogP contribution is -2.24. The largest absolute Gasteiger partial charge is 0.573 e. The number of hydrogen-bond donors (Lipinski definition) is 0. The van der Waals surface area contributed by atoms with E-state index in [4.69, 9.17) is 0 Å². The molecule has 0 heterocycles. The summed E-state index contributed by atoms with van der Waals surface area (Å²) in [5, 5.41) is 0. The van der Waals surface area contributed by atoms with E-state index in [2.05, 4.69) is 11.7 Å². The van der Waals surface area contributed by atoms with Crippen molar-refractivity contribution in [2.75, 3.05) is 0 Å². The summed E-state index contributed by atoms with van der Waals surface area (Å²) in [7, 11) is 0. The Bertz CT molecular complexity index is 882. The predicted octanol–water partition coefficient (Wildman–Crippen LogP) is 8.63. The van der Waals surface area contributed by atoms with Crippen molar-refractivity contribution < 1.29 is 26.7 Å². The van der Waals surface area contributed by atoms with Gasteiger partial charge in [0.25, 0.3) is 0 Å². The zero-order valence-corrected chi connectivity index (χ0v) is 18.2. The Labute approximate surface area is 186 Å². The molecular formula is C26H29F5O. The van der Waals surface area contributed by atoms with Gasteiger partial charge in [0.1, 0.15) is 0 Å². The Hall–Kier alpha value is -2.11. The maximum atomic E-state index is 14.0. The lowest BCUT2D eigenvalue weighted by Gasteiger charge is -2.37. The number of rotatable bonds is 4. The van der Waals surface area contributed by atoms with Crippen LogP contribution in [-0.2, 0) is 0 Å². The lowest BCUT2D eigenvalue weighted by atomic mass is 9.68. The summed E-state index contributed by atoms with van der Waals surface area (Å²) in [6.45, 7) is 2.35. The van der Waals surface area contributed by atoms with Crippen molar-refractivity contribution in [1.29, 1.82) is 0 Å². The summed E-state index contributed by atoms with van der Waals surface area (Å²) in [5.74, 6) is -1.11. The SMILES string of the molecule is CC1CCC(C2CCC(c3ccc(-c4cc(F)c(OC(F)(F)F)c(F)c4)cc3)CC2)CC1. The highest BCUT2D eigenvalue weighted by molar-refractivity contribution is 5.65. The van der Waals surface area contributed by atoms with E-state index in [1.807, 2.05) is 12.1 Å². The van der Waals surface area contributed by atoms with Crippen molar-refractivity contribution in [1.82, 2.24) is 0 Å². The molecule has 6 heteroatoms. The van der Waals surface area contributed by atoms with Gasteiger partial charge in [-0.05, 0) is 91.0 Å². The molecule has 0 saturated heterocycles. The standard InChI is InChI=1S/C26H29F5O/c1-16-2-4-17(5-3-16)18-6-8-19(9-7-18)20-10-12-21(13-11-20)22-14-23(27)25(24(28)15-22)32-26(29,30)31/h10-19H,2-9H2,1H3. The van der Waals surface area contributed by atoms with Crippen LogP contribution < -0.4 is 4.74 Å². The second kappa shape index (κ2) is 9.40. The van der Waals surface area contributed by atoms with E-state index in [-0.39, 0.29) is 5.56 Å². The summed E-state index contributed by atoms with van der Waals surface area (Å²) in [6, 6.07) is 9.24. The monoisotopic (exact) mass is 452 g/mol. The molecule has 0 amide bonds. The summed E-state index contributed by atoms with van der Waals surface area (Å²) < 4.78 is 68.6. The average molecular weight is 453 g/mol. The Morgan fingerprint density at radius 3 is 1.72 bits per heavy atom. The second-order valence-corrected chi connectivity index (χ2v) is 9.57. The van der Waals surface area contributed by atoms with E-state index in [0.29, 0.717) is 11.5 Å². The van der Waals surface area contributed by atoms with E-state index in [0.717, 1.165) is 42.7 Å². The molecule has 32 heavy (non-hydrogen) atoms. The predicted molar refractivity (Wildman–Crippen MR) is 114 cm³/mol. The van der Waals surface area contributed by atoms with Crippen LogP contribution in [0.3, 0.4) is 0 Å². The molecule has 0 bridgehead atoms. The molecule has 4 rings (SSSR count). The minimum Gasteiger partial charge on any atom is -0.399 e. The zero-order chi connectivity index (χ0) is 22.9. The minimum atomic E-state index is -5.15. The first kappa shape index (κ1) is 23.1. The van der Waals surface area contributed by atoms with E-state index >= 15 is 0 Å². The molecule has 2 fully saturated rings. The molecule has 2 aromatic rings. The number of benzene rings is 2. The van der Waals surface area contributed by atoms with Gasteiger partial charge in [-0.25, -0.2) is 8.78 Å². The number of hydrogen-bond acceptors (Lipinski definition) is 1. The Morgan fingerprint density at radius 1 is 0.719 bits per heavy atom. The molecule has 0 aromatic heterocycles. The van der Waals surface area contributed by atoms with Crippen LogP contribution in [-0.4, -0.2) is 6.36 Å². The van der Waals surface area contributed by atoms with Crippen LogP contribution in [0.4, 0.5) is 22.0 Å². The van der Waals surface area contributed by atoms with Gasteiger partial charge in [-0.1, -0.05) is 44.0 Å². The molecule has 174 valence electrons. The van der Waals surface area contributed by atoms with Gasteiger partial charge in [0.05, 0.1) is 0 Å². The average Bonchev–Trinajstić information content (AvgIpc) is 2.76. The van der Waals surface area contributed by atoms with Crippen LogP contribution in [0.2, 0.25) is 0 Å². The summed E-state index contributed by atoms with van der Waals surface area (Å²) in [5.41, 5.74) is 1.94. The molecule has 2 aliphatic rings. The maximum absolute atomic E-state index is 14.0. The van der Waals surface area contributed by atoms with Crippen molar-refractivity contribution in [3.63, 3.8) is 0 Å². The van der Waals surface area contributed by atoms with E-state index in [9.17, 15) is 22.0 Å². The molecule has 0 atom stereocenters. The van der Waals surface area contributed by atoms with E-state index in [1.54, 1.807) is 12.1 Å². The fraction of sp³-hybridized carbons (Fsp3) is 0.538. The Balaban J connectivity index is 1.40. The van der Waals surface area contributed by atoms with Gasteiger partial charge in [-0.3, -0.25) is 0 Å². The molecule has 1 nitrogen and oxygen atoms in total.